The first-order chi connectivity index (χ1) is 16.8. The summed E-state index contributed by atoms with van der Waals surface area (Å²) in [6, 6.07) is 0. The molecule has 0 saturated carbocycles. The molecule has 0 fully saturated rings. The minimum atomic E-state index is -0.00133. The molecular weight excluding hydrogens is 420 g/mol. The molecule has 0 spiro atoms. The fourth-order valence-corrected chi connectivity index (χ4v) is 4.35. The molecule has 0 heterocycles. The van der Waals surface area contributed by atoms with Crippen molar-refractivity contribution in [2.75, 3.05) is 19.8 Å². The Balaban J connectivity index is 3.89. The van der Waals surface area contributed by atoms with Crippen molar-refractivity contribution < 1.29 is 14.6 Å². The summed E-state index contributed by atoms with van der Waals surface area (Å²) in [5.41, 5.74) is 0. The summed E-state index contributed by atoms with van der Waals surface area (Å²) < 4.78 is 12.3. The molecule has 0 aromatic rings. The monoisotopic (exact) mass is 482 g/mol. The van der Waals surface area contributed by atoms with Crippen molar-refractivity contribution in [3.8, 4) is 0 Å². The largest absolute Gasteiger partial charge is 0.396 e. The van der Waals surface area contributed by atoms with Gasteiger partial charge in [0.2, 0.25) is 0 Å². The topological polar surface area (TPSA) is 38.7 Å². The lowest BCUT2D eigenvalue weighted by Gasteiger charge is -2.19. The highest BCUT2D eigenvalue weighted by Crippen LogP contribution is 2.14. The number of unbranched alkanes of at least 4 members (excludes halogenated alkanes) is 18. The predicted octanol–water partition coefficient (Wildman–Crippen LogP) is 9.91. The van der Waals surface area contributed by atoms with E-state index in [1.165, 1.54) is 128 Å². The number of ether oxygens (including phenoxy) is 2. The first kappa shape index (κ1) is 33.6. The van der Waals surface area contributed by atoms with E-state index in [4.69, 9.17) is 14.6 Å². The number of aliphatic hydroxyl groups excluding tert-OH is 1. The van der Waals surface area contributed by atoms with E-state index in [-0.39, 0.29) is 12.9 Å². The molecule has 0 bridgehead atoms. The van der Waals surface area contributed by atoms with Gasteiger partial charge in [-0.3, -0.25) is 0 Å². The predicted molar refractivity (Wildman–Crippen MR) is 149 cm³/mol. The maximum atomic E-state index is 8.80. The second kappa shape index (κ2) is 30.7. The van der Waals surface area contributed by atoms with Gasteiger partial charge in [-0.15, -0.1) is 0 Å². The Bertz CT molecular complexity index is 361. The molecule has 0 aromatic carbocycles. The van der Waals surface area contributed by atoms with Gasteiger partial charge in [0, 0.05) is 19.8 Å². The van der Waals surface area contributed by atoms with Gasteiger partial charge in [0.1, 0.15) is 0 Å². The molecule has 3 nitrogen and oxygen atoms in total. The molecule has 0 saturated heterocycles. The summed E-state index contributed by atoms with van der Waals surface area (Å²) in [6.07, 6.45) is 33.7. The van der Waals surface area contributed by atoms with Crippen molar-refractivity contribution in [2.45, 2.75) is 168 Å². The Morgan fingerprint density at radius 2 is 0.912 bits per heavy atom. The minimum absolute atomic E-state index is 0.00133. The van der Waals surface area contributed by atoms with Crippen LogP contribution in [0.5, 0.6) is 0 Å². The Labute approximate surface area is 214 Å². The van der Waals surface area contributed by atoms with Crippen LogP contribution in [-0.4, -0.2) is 31.2 Å². The van der Waals surface area contributed by atoms with Gasteiger partial charge in [-0.25, -0.2) is 0 Å². The van der Waals surface area contributed by atoms with Crippen molar-refractivity contribution in [1.82, 2.24) is 0 Å². The van der Waals surface area contributed by atoms with Crippen LogP contribution < -0.4 is 0 Å². The summed E-state index contributed by atoms with van der Waals surface area (Å²) in [6.45, 7) is 6.53. The van der Waals surface area contributed by atoms with E-state index in [1.807, 2.05) is 0 Å². The molecule has 204 valence electrons. The smallest absolute Gasteiger partial charge is 0.157 e. The third-order valence-electron chi connectivity index (χ3n) is 6.63. The Morgan fingerprint density at radius 3 is 1.41 bits per heavy atom. The summed E-state index contributed by atoms with van der Waals surface area (Å²) >= 11 is 0. The fourth-order valence-electron chi connectivity index (χ4n) is 4.35. The second-order valence-electron chi connectivity index (χ2n) is 10.1. The Hall–Kier alpha value is -0.380. The SMILES string of the molecule is CCCCCCCCCCOC(CCCCCC/C=C/CCO)OCCCCCCCCCC. The normalized spacial score (nSPS) is 11.9. The lowest BCUT2D eigenvalue weighted by atomic mass is 10.1. The lowest BCUT2D eigenvalue weighted by Crippen LogP contribution is -2.19. The average molecular weight is 483 g/mol. The number of hydrogen-bond acceptors (Lipinski definition) is 3. The molecule has 0 aliphatic heterocycles. The maximum absolute atomic E-state index is 8.80. The zero-order chi connectivity index (χ0) is 24.8. The van der Waals surface area contributed by atoms with E-state index in [0.717, 1.165) is 32.5 Å². The van der Waals surface area contributed by atoms with E-state index in [0.29, 0.717) is 0 Å². The first-order valence-electron chi connectivity index (χ1n) is 15.3. The zero-order valence-electron chi connectivity index (χ0n) is 23.4. The van der Waals surface area contributed by atoms with Gasteiger partial charge in [0.15, 0.2) is 6.29 Å². The molecule has 0 atom stereocenters. The number of rotatable bonds is 29. The molecule has 0 aliphatic rings. The molecular formula is C31H62O3. The van der Waals surface area contributed by atoms with Crippen LogP contribution in [0, 0.1) is 0 Å². The van der Waals surface area contributed by atoms with E-state index < -0.39 is 0 Å². The summed E-state index contributed by atoms with van der Waals surface area (Å²) in [7, 11) is 0. The highest BCUT2D eigenvalue weighted by molar-refractivity contribution is 4.80. The average Bonchev–Trinajstić information content (AvgIpc) is 2.85. The summed E-state index contributed by atoms with van der Waals surface area (Å²) in [5, 5.41) is 8.80. The molecule has 0 amide bonds. The van der Waals surface area contributed by atoms with Gasteiger partial charge >= 0.3 is 0 Å². The van der Waals surface area contributed by atoms with Gasteiger partial charge in [-0.1, -0.05) is 129 Å². The van der Waals surface area contributed by atoms with Gasteiger partial charge < -0.3 is 14.6 Å². The molecule has 0 rings (SSSR count). The molecule has 0 radical (unpaired) electrons. The van der Waals surface area contributed by atoms with Crippen LogP contribution in [-0.2, 0) is 9.47 Å². The minimum Gasteiger partial charge on any atom is -0.396 e. The maximum Gasteiger partial charge on any atom is 0.157 e. The third-order valence-corrected chi connectivity index (χ3v) is 6.63. The van der Waals surface area contributed by atoms with E-state index >= 15 is 0 Å². The highest BCUT2D eigenvalue weighted by Gasteiger charge is 2.09. The van der Waals surface area contributed by atoms with Crippen LogP contribution in [0.25, 0.3) is 0 Å². The molecule has 0 unspecified atom stereocenters. The lowest BCUT2D eigenvalue weighted by molar-refractivity contribution is -0.148. The standard InChI is InChI=1S/C31H62O3/c1-3-5-7-9-11-17-21-25-29-33-31(27-23-19-15-13-14-16-20-24-28-32)34-30-26-22-18-12-10-8-6-4-2/h16,20,31-32H,3-15,17-19,21-30H2,1-2H3/b20-16+. The molecule has 1 N–H and O–H groups in total. The molecule has 3 heteroatoms. The van der Waals surface area contributed by atoms with Crippen LogP contribution in [0.15, 0.2) is 12.2 Å². The van der Waals surface area contributed by atoms with Crippen molar-refractivity contribution in [3.63, 3.8) is 0 Å². The Morgan fingerprint density at radius 1 is 0.500 bits per heavy atom. The van der Waals surface area contributed by atoms with Crippen molar-refractivity contribution >= 4 is 0 Å². The van der Waals surface area contributed by atoms with Gasteiger partial charge in [-0.2, -0.15) is 0 Å². The number of aliphatic hydroxyl groups is 1. The molecule has 34 heavy (non-hydrogen) atoms. The molecule has 0 aliphatic carbocycles. The van der Waals surface area contributed by atoms with E-state index in [1.54, 1.807) is 0 Å². The fraction of sp³-hybridized carbons (Fsp3) is 0.935. The highest BCUT2D eigenvalue weighted by atomic mass is 16.7. The van der Waals surface area contributed by atoms with Gasteiger partial charge in [0.25, 0.3) is 0 Å². The van der Waals surface area contributed by atoms with E-state index in [2.05, 4.69) is 26.0 Å². The molecule has 0 aromatic heterocycles. The number of allylic oxidation sites excluding steroid dienone is 1. The Kier molecular flexibility index (Phi) is 30.3. The summed E-state index contributed by atoms with van der Waals surface area (Å²) in [4.78, 5) is 0. The quantitative estimate of drug-likeness (QED) is 0.0654. The van der Waals surface area contributed by atoms with Crippen molar-refractivity contribution in [3.05, 3.63) is 12.2 Å². The van der Waals surface area contributed by atoms with Crippen LogP contribution in [0.3, 0.4) is 0 Å². The number of hydrogen-bond donors (Lipinski definition) is 1. The van der Waals surface area contributed by atoms with Crippen molar-refractivity contribution in [1.29, 1.82) is 0 Å². The van der Waals surface area contributed by atoms with Crippen LogP contribution in [0.2, 0.25) is 0 Å². The first-order valence-corrected chi connectivity index (χ1v) is 15.3. The summed E-state index contributed by atoms with van der Waals surface area (Å²) in [5.74, 6) is 0. The second-order valence-corrected chi connectivity index (χ2v) is 10.1. The van der Waals surface area contributed by atoms with Gasteiger partial charge in [-0.05, 0) is 44.9 Å². The van der Waals surface area contributed by atoms with Crippen LogP contribution in [0.4, 0.5) is 0 Å². The zero-order valence-corrected chi connectivity index (χ0v) is 23.4. The van der Waals surface area contributed by atoms with Crippen molar-refractivity contribution in [2.24, 2.45) is 0 Å². The van der Waals surface area contributed by atoms with E-state index in [9.17, 15) is 0 Å². The van der Waals surface area contributed by atoms with Crippen LogP contribution in [0.1, 0.15) is 162 Å². The third kappa shape index (κ3) is 27.9. The van der Waals surface area contributed by atoms with Gasteiger partial charge in [0.05, 0.1) is 0 Å². The van der Waals surface area contributed by atoms with Crippen LogP contribution >= 0.6 is 0 Å².